The Morgan fingerprint density at radius 2 is 1.83 bits per heavy atom. The molecule has 0 saturated carbocycles. The highest BCUT2D eigenvalue weighted by Gasteiger charge is 2.01. The Labute approximate surface area is 50.2 Å². The van der Waals surface area contributed by atoms with E-state index >= 15 is 0 Å². The topological polar surface area (TPSA) is 0 Å². The summed E-state index contributed by atoms with van der Waals surface area (Å²) in [5.74, 6) is 0. The molecule has 4 heteroatoms. The van der Waals surface area contributed by atoms with Crippen molar-refractivity contribution in [1.82, 2.24) is 0 Å². The normalized spacial score (nSPS) is 9.33. The first-order valence-electron chi connectivity index (χ1n) is 1.12. The second-order valence-electron chi connectivity index (χ2n) is 0.605. The van der Waals surface area contributed by atoms with Gasteiger partial charge in [0.25, 0.3) is 0 Å². The third-order valence-electron chi connectivity index (χ3n) is 0.172. The number of rotatable bonds is 1. The van der Waals surface area contributed by atoms with Crippen molar-refractivity contribution >= 4 is 40.5 Å². The fourth-order valence-corrected chi connectivity index (χ4v) is 0. The van der Waals surface area contributed by atoms with Gasteiger partial charge in [-0.15, -0.1) is 0 Å². The van der Waals surface area contributed by atoms with E-state index in [2.05, 4.69) is 12.2 Å². The molecule has 0 fully saturated rings. The Bertz CT molecular complexity index is 62.6. The molecule has 0 amide bonds. The zero-order valence-electron chi connectivity index (χ0n) is 2.62. The fourth-order valence-electron chi connectivity index (χ4n) is 0. The summed E-state index contributed by atoms with van der Waals surface area (Å²) in [7, 11) is 0. The minimum Gasteiger partial charge on any atom is -0.196 e. The lowest BCUT2D eigenvalue weighted by molar-refractivity contribution is 0.819. The molecule has 0 aromatic rings. The van der Waals surface area contributed by atoms with Gasteiger partial charge in [0.15, 0.2) is 9.95 Å². The van der Waals surface area contributed by atoms with Crippen LogP contribution in [0.25, 0.3) is 0 Å². The van der Waals surface area contributed by atoms with Crippen LogP contribution in [0.4, 0.5) is 4.39 Å². The Hall–Kier alpha value is 0.600. The molecule has 0 nitrogen and oxygen atoms in total. The molecule has 0 radical (unpaired) electrons. The molecule has 0 saturated heterocycles. The van der Waals surface area contributed by atoms with Crippen molar-refractivity contribution in [2.75, 3.05) is 0 Å². The van der Waals surface area contributed by atoms with Crippen molar-refractivity contribution in [2.24, 2.45) is 0 Å². The smallest absolute Gasteiger partial charge is 0.195 e. The summed E-state index contributed by atoms with van der Waals surface area (Å²) in [6.07, 6.45) is 0. The number of thiocarbonyl (C=S) groups is 1. The van der Waals surface area contributed by atoms with Crippen LogP contribution in [0.1, 0.15) is 0 Å². The van der Waals surface area contributed by atoms with Gasteiger partial charge in [-0.25, -0.2) is 0 Å². The molecule has 0 heterocycles. The summed E-state index contributed by atoms with van der Waals surface area (Å²) in [5.41, 5.74) is 0. The van der Waals surface area contributed by atoms with Crippen molar-refractivity contribution in [2.45, 2.75) is 4.84 Å². The molecule has 0 aliphatic carbocycles. The van der Waals surface area contributed by atoms with Crippen molar-refractivity contribution in [1.29, 1.82) is 0 Å². The highest BCUT2D eigenvalue weighted by Crippen LogP contribution is 2.04. The van der Waals surface area contributed by atoms with E-state index in [1.165, 1.54) is 0 Å². The van der Waals surface area contributed by atoms with E-state index in [0.717, 1.165) is 0 Å². The monoisotopic (exact) mass is 146 g/mol. The maximum Gasteiger partial charge on any atom is 0.195 e. The second kappa shape index (κ2) is 2.72. The van der Waals surface area contributed by atoms with Crippen LogP contribution in [0.3, 0.4) is 0 Å². The molecule has 0 N–H and O–H groups in total. The molecule has 0 unspecified atom stereocenters. The van der Waals surface area contributed by atoms with E-state index in [-0.39, 0.29) is 0 Å². The van der Waals surface area contributed by atoms with Crippen LogP contribution in [0.5, 0.6) is 0 Å². The average molecular weight is 147 g/mol. The first-order valence-corrected chi connectivity index (χ1v) is 2.40. The van der Waals surface area contributed by atoms with E-state index in [9.17, 15) is 4.39 Å². The summed E-state index contributed by atoms with van der Waals surface area (Å²) >= 11 is 13.6. The van der Waals surface area contributed by atoms with Gasteiger partial charge in [0.2, 0.25) is 0 Å². The Balaban J connectivity index is 3.26. The maximum atomic E-state index is 11.3. The molecule has 0 spiro atoms. The molecule has 0 bridgehead atoms. The highest BCUT2D eigenvalue weighted by molar-refractivity contribution is 7.80. The van der Waals surface area contributed by atoms with Crippen LogP contribution in [0.2, 0.25) is 0 Å². The van der Waals surface area contributed by atoms with Gasteiger partial charge in [-0.2, -0.15) is 4.39 Å². The van der Waals surface area contributed by atoms with Crippen LogP contribution in [0, 0.1) is 0 Å². The van der Waals surface area contributed by atoms with E-state index in [0.29, 0.717) is 0 Å². The molecule has 36 valence electrons. The minimum atomic E-state index is -1.14. The van der Waals surface area contributed by atoms with Crippen LogP contribution in [-0.2, 0) is 0 Å². The predicted molar refractivity (Wildman–Crippen MR) is 29.2 cm³/mol. The largest absolute Gasteiger partial charge is 0.196 e. The number of alkyl halides is 2. The summed E-state index contributed by atoms with van der Waals surface area (Å²) in [5, 5.41) is -0.877. The molecule has 0 aliphatic rings. The lowest BCUT2D eigenvalue weighted by Gasteiger charge is -1.84. The van der Waals surface area contributed by atoms with Gasteiger partial charge < -0.3 is 0 Å². The summed E-state index contributed by atoms with van der Waals surface area (Å²) < 4.78 is 11.3. The molecular formula is C2HCl2FS. The quantitative estimate of drug-likeness (QED) is 0.311. The lowest BCUT2D eigenvalue weighted by atomic mass is 10.9. The Kier molecular flexibility index (Phi) is 2.99. The van der Waals surface area contributed by atoms with Crippen LogP contribution in [0.15, 0.2) is 0 Å². The standard InChI is InChI=1S/C2HCl2FS/c3-1(4)2(5)6/h1H. The van der Waals surface area contributed by atoms with Crippen molar-refractivity contribution in [3.05, 3.63) is 0 Å². The molecule has 0 atom stereocenters. The second-order valence-corrected chi connectivity index (χ2v) is 2.09. The van der Waals surface area contributed by atoms with Crippen LogP contribution in [-0.4, -0.2) is 9.95 Å². The molecule has 0 aliphatic heterocycles. The van der Waals surface area contributed by atoms with Crippen LogP contribution >= 0.6 is 35.4 Å². The lowest BCUT2D eigenvalue weighted by Crippen LogP contribution is -1.93. The summed E-state index contributed by atoms with van der Waals surface area (Å²) in [6, 6.07) is 0. The molecule has 0 rings (SSSR count). The predicted octanol–water partition coefficient (Wildman–Crippen LogP) is 2.09. The van der Waals surface area contributed by atoms with E-state index in [4.69, 9.17) is 23.2 Å². The van der Waals surface area contributed by atoms with E-state index in [1.807, 2.05) is 0 Å². The fraction of sp³-hybridized carbons (Fsp3) is 0.500. The van der Waals surface area contributed by atoms with Gasteiger partial charge in [-0.05, 0) is 12.2 Å². The summed E-state index contributed by atoms with van der Waals surface area (Å²) in [4.78, 5) is -1.14. The molecular weight excluding hydrogens is 146 g/mol. The van der Waals surface area contributed by atoms with Gasteiger partial charge in [0.1, 0.15) is 0 Å². The van der Waals surface area contributed by atoms with Gasteiger partial charge >= 0.3 is 0 Å². The van der Waals surface area contributed by atoms with Crippen molar-refractivity contribution in [3.63, 3.8) is 0 Å². The van der Waals surface area contributed by atoms with Crippen molar-refractivity contribution < 1.29 is 4.39 Å². The average Bonchev–Trinajstić information content (AvgIpc) is 1.36. The Morgan fingerprint density at radius 1 is 1.67 bits per heavy atom. The van der Waals surface area contributed by atoms with Gasteiger partial charge in [0.05, 0.1) is 0 Å². The summed E-state index contributed by atoms with van der Waals surface area (Å²) in [6.45, 7) is 0. The molecule has 0 aromatic carbocycles. The van der Waals surface area contributed by atoms with Gasteiger partial charge in [0, 0.05) is 0 Å². The van der Waals surface area contributed by atoms with Gasteiger partial charge in [-0.3, -0.25) is 0 Å². The maximum absolute atomic E-state index is 11.3. The highest BCUT2D eigenvalue weighted by atomic mass is 35.5. The number of hydrogen-bond acceptors (Lipinski definition) is 1. The van der Waals surface area contributed by atoms with Crippen LogP contribution < -0.4 is 0 Å². The Morgan fingerprint density at radius 3 is 1.83 bits per heavy atom. The molecule has 0 aromatic heterocycles. The zero-order chi connectivity index (χ0) is 5.15. The van der Waals surface area contributed by atoms with E-state index < -0.39 is 9.95 Å². The first-order chi connectivity index (χ1) is 2.64. The minimum absolute atomic E-state index is 0.877. The van der Waals surface area contributed by atoms with Gasteiger partial charge in [-0.1, -0.05) is 23.2 Å². The number of hydrogen-bond donors (Lipinski definition) is 0. The number of halogens is 3. The van der Waals surface area contributed by atoms with E-state index in [1.54, 1.807) is 0 Å². The zero-order valence-corrected chi connectivity index (χ0v) is 4.95. The first kappa shape index (κ1) is 6.60. The van der Waals surface area contributed by atoms with Crippen molar-refractivity contribution in [3.8, 4) is 0 Å². The third-order valence-corrected chi connectivity index (χ3v) is 1.05. The SMILES string of the molecule is FC(=S)C(Cl)Cl. The molecule has 6 heavy (non-hydrogen) atoms. The third kappa shape index (κ3) is 2.82.